The minimum absolute atomic E-state index is 0.632. The Hall–Kier alpha value is -1.38. The third kappa shape index (κ3) is 1.92. The molecule has 0 saturated carbocycles. The lowest BCUT2D eigenvalue weighted by Gasteiger charge is -2.08. The van der Waals surface area contributed by atoms with E-state index in [9.17, 15) is 0 Å². The fourth-order valence-corrected chi connectivity index (χ4v) is 2.59. The molecule has 1 nitrogen and oxygen atoms in total. The number of nitrogens with zero attached hydrogens (tertiary/aromatic N) is 1. The Balaban J connectivity index is 2.35. The van der Waals surface area contributed by atoms with Crippen LogP contribution in [-0.2, 0) is 0 Å². The number of aromatic nitrogens is 1. The molecule has 0 N–H and O–H groups in total. The lowest BCUT2D eigenvalue weighted by Crippen LogP contribution is -1.86. The van der Waals surface area contributed by atoms with E-state index in [0.717, 1.165) is 26.5 Å². The molecule has 0 aliphatic carbocycles. The number of hydrogen-bond acceptors (Lipinski definition) is 1. The van der Waals surface area contributed by atoms with Gasteiger partial charge in [0.05, 0.1) is 10.5 Å². The third-order valence-corrected chi connectivity index (χ3v) is 4.24. The Kier molecular flexibility index (Phi) is 3.06. The summed E-state index contributed by atoms with van der Waals surface area (Å²) >= 11 is 9.59. The molecule has 3 heteroatoms. The summed E-state index contributed by atoms with van der Waals surface area (Å²) in [7, 11) is 0. The van der Waals surface area contributed by atoms with Crippen LogP contribution in [0.1, 0.15) is 0 Å². The maximum absolute atomic E-state index is 6.08. The highest BCUT2D eigenvalue weighted by atomic mass is 79.9. The van der Waals surface area contributed by atoms with Crippen LogP contribution in [0.15, 0.2) is 59.2 Å². The molecule has 0 aliphatic heterocycles. The van der Waals surface area contributed by atoms with Gasteiger partial charge in [0.1, 0.15) is 0 Å². The van der Waals surface area contributed by atoms with Crippen LogP contribution >= 0.6 is 27.5 Å². The van der Waals surface area contributed by atoms with Crippen molar-refractivity contribution >= 4 is 38.4 Å². The van der Waals surface area contributed by atoms with Gasteiger partial charge in [-0.15, -0.1) is 0 Å². The van der Waals surface area contributed by atoms with Crippen LogP contribution in [-0.4, -0.2) is 4.98 Å². The van der Waals surface area contributed by atoms with Crippen LogP contribution in [0.4, 0.5) is 0 Å². The van der Waals surface area contributed by atoms with Gasteiger partial charge in [-0.1, -0.05) is 60.1 Å². The first kappa shape index (κ1) is 11.7. The van der Waals surface area contributed by atoms with Gasteiger partial charge >= 0.3 is 0 Å². The molecule has 3 rings (SSSR count). The largest absolute Gasteiger partial charge is 0.254 e. The standard InChI is InChI=1S/C15H9BrClN/c16-14-12-8-4-7-11(10-5-2-1-3-6-10)15(12)18-9-13(14)17/h1-9H. The van der Waals surface area contributed by atoms with Crippen molar-refractivity contribution < 1.29 is 0 Å². The normalized spacial score (nSPS) is 10.8. The van der Waals surface area contributed by atoms with Crippen LogP contribution < -0.4 is 0 Å². The van der Waals surface area contributed by atoms with Gasteiger partial charge in [0.25, 0.3) is 0 Å². The lowest BCUT2D eigenvalue weighted by molar-refractivity contribution is 1.40. The number of para-hydroxylation sites is 1. The maximum Gasteiger partial charge on any atom is 0.0792 e. The van der Waals surface area contributed by atoms with Crippen LogP contribution in [0.2, 0.25) is 5.02 Å². The van der Waals surface area contributed by atoms with Crippen LogP contribution in [0.3, 0.4) is 0 Å². The SMILES string of the molecule is Clc1cnc2c(-c3ccccc3)cccc2c1Br. The fourth-order valence-electron chi connectivity index (χ4n) is 2.02. The van der Waals surface area contributed by atoms with Crippen molar-refractivity contribution in [1.82, 2.24) is 4.98 Å². The molecular weight excluding hydrogens is 310 g/mol. The topological polar surface area (TPSA) is 12.9 Å². The first-order chi connectivity index (χ1) is 8.77. The van der Waals surface area contributed by atoms with Gasteiger partial charge in [-0.05, 0) is 21.5 Å². The first-order valence-corrected chi connectivity index (χ1v) is 6.72. The minimum atomic E-state index is 0.632. The second kappa shape index (κ2) is 4.71. The number of hydrogen-bond donors (Lipinski definition) is 0. The highest BCUT2D eigenvalue weighted by molar-refractivity contribution is 9.10. The second-order valence-electron chi connectivity index (χ2n) is 3.99. The Bertz CT molecular complexity index is 710. The van der Waals surface area contributed by atoms with Crippen LogP contribution in [0, 0.1) is 0 Å². The molecule has 0 unspecified atom stereocenters. The molecule has 0 bridgehead atoms. The first-order valence-electron chi connectivity index (χ1n) is 5.55. The van der Waals surface area contributed by atoms with Gasteiger partial charge < -0.3 is 0 Å². The number of benzene rings is 2. The van der Waals surface area contributed by atoms with Gasteiger partial charge in [0.2, 0.25) is 0 Å². The smallest absolute Gasteiger partial charge is 0.0792 e. The summed E-state index contributed by atoms with van der Waals surface area (Å²) in [5.74, 6) is 0. The highest BCUT2D eigenvalue weighted by Crippen LogP contribution is 2.34. The van der Waals surface area contributed by atoms with Crippen molar-refractivity contribution in [2.24, 2.45) is 0 Å². The van der Waals surface area contributed by atoms with Gasteiger partial charge in [0, 0.05) is 21.6 Å². The van der Waals surface area contributed by atoms with E-state index in [4.69, 9.17) is 11.6 Å². The summed E-state index contributed by atoms with van der Waals surface area (Å²) in [6.07, 6.45) is 1.68. The average molecular weight is 319 g/mol. The van der Waals surface area contributed by atoms with E-state index in [1.54, 1.807) is 6.20 Å². The van der Waals surface area contributed by atoms with E-state index in [1.165, 1.54) is 0 Å². The van der Waals surface area contributed by atoms with Gasteiger partial charge in [-0.25, -0.2) is 0 Å². The molecule has 0 amide bonds. The summed E-state index contributed by atoms with van der Waals surface area (Å²) in [5, 5.41) is 1.66. The zero-order chi connectivity index (χ0) is 12.5. The average Bonchev–Trinajstić information content (AvgIpc) is 2.43. The summed E-state index contributed by atoms with van der Waals surface area (Å²) < 4.78 is 0.895. The monoisotopic (exact) mass is 317 g/mol. The van der Waals surface area contributed by atoms with Crippen LogP contribution in [0.5, 0.6) is 0 Å². The lowest BCUT2D eigenvalue weighted by atomic mass is 10.0. The molecule has 1 heterocycles. The molecular formula is C15H9BrClN. The Morgan fingerprint density at radius 1 is 0.944 bits per heavy atom. The van der Waals surface area contributed by atoms with E-state index >= 15 is 0 Å². The summed E-state index contributed by atoms with van der Waals surface area (Å²) in [6.45, 7) is 0. The van der Waals surface area contributed by atoms with Crippen molar-refractivity contribution in [3.63, 3.8) is 0 Å². The second-order valence-corrected chi connectivity index (χ2v) is 5.19. The van der Waals surface area contributed by atoms with Crippen LogP contribution in [0.25, 0.3) is 22.0 Å². The number of fused-ring (bicyclic) bond motifs is 1. The molecule has 0 fully saturated rings. The van der Waals surface area contributed by atoms with Gasteiger partial charge in [0.15, 0.2) is 0 Å². The molecule has 1 aromatic heterocycles. The third-order valence-electron chi connectivity index (χ3n) is 2.87. The molecule has 18 heavy (non-hydrogen) atoms. The molecule has 2 aromatic carbocycles. The van der Waals surface area contributed by atoms with E-state index in [2.05, 4.69) is 39.1 Å². The van der Waals surface area contributed by atoms with E-state index in [0.29, 0.717) is 5.02 Å². The molecule has 0 saturated heterocycles. The zero-order valence-electron chi connectivity index (χ0n) is 9.40. The van der Waals surface area contributed by atoms with Gasteiger partial charge in [-0.3, -0.25) is 4.98 Å². The molecule has 0 radical (unpaired) electrons. The molecule has 0 aliphatic rings. The van der Waals surface area contributed by atoms with Crippen molar-refractivity contribution in [1.29, 1.82) is 0 Å². The molecule has 0 atom stereocenters. The number of rotatable bonds is 1. The minimum Gasteiger partial charge on any atom is -0.254 e. The fraction of sp³-hybridized carbons (Fsp3) is 0. The van der Waals surface area contributed by atoms with E-state index in [1.807, 2.05) is 30.3 Å². The highest BCUT2D eigenvalue weighted by Gasteiger charge is 2.09. The molecule has 0 spiro atoms. The predicted octanol–water partition coefficient (Wildman–Crippen LogP) is 5.32. The summed E-state index contributed by atoms with van der Waals surface area (Å²) in [5.41, 5.74) is 3.23. The van der Waals surface area contributed by atoms with Crippen molar-refractivity contribution in [3.8, 4) is 11.1 Å². The Labute approximate surface area is 119 Å². The van der Waals surface area contributed by atoms with Gasteiger partial charge in [-0.2, -0.15) is 0 Å². The van der Waals surface area contributed by atoms with E-state index < -0.39 is 0 Å². The summed E-state index contributed by atoms with van der Waals surface area (Å²) in [4.78, 5) is 4.46. The number of halogens is 2. The van der Waals surface area contributed by atoms with Crippen molar-refractivity contribution in [2.75, 3.05) is 0 Å². The predicted molar refractivity (Wildman–Crippen MR) is 79.9 cm³/mol. The Morgan fingerprint density at radius 2 is 1.72 bits per heavy atom. The maximum atomic E-state index is 6.08. The Morgan fingerprint density at radius 3 is 2.50 bits per heavy atom. The summed E-state index contributed by atoms with van der Waals surface area (Å²) in [6, 6.07) is 16.3. The zero-order valence-corrected chi connectivity index (χ0v) is 11.7. The van der Waals surface area contributed by atoms with Crippen molar-refractivity contribution in [2.45, 2.75) is 0 Å². The molecule has 3 aromatic rings. The van der Waals surface area contributed by atoms with Crippen molar-refractivity contribution in [3.05, 3.63) is 64.2 Å². The molecule has 88 valence electrons. The van der Waals surface area contributed by atoms with E-state index in [-0.39, 0.29) is 0 Å². The number of pyridine rings is 1. The quantitative estimate of drug-likeness (QED) is 0.592.